The molecular formula is C17H19Cl2NO. The molecule has 0 amide bonds. The van der Waals surface area contributed by atoms with Crippen LogP contribution in [0.15, 0.2) is 36.4 Å². The number of nitrogens with two attached hydrogens (primary N) is 1. The molecule has 2 nitrogen and oxygen atoms in total. The number of rotatable bonds is 5. The van der Waals surface area contributed by atoms with Gasteiger partial charge in [-0.25, -0.2) is 0 Å². The fourth-order valence-electron chi connectivity index (χ4n) is 2.17. The summed E-state index contributed by atoms with van der Waals surface area (Å²) in [4.78, 5) is 0. The van der Waals surface area contributed by atoms with Crippen LogP contribution in [0.4, 0.5) is 0 Å². The molecule has 0 aliphatic rings. The quantitative estimate of drug-likeness (QED) is 0.860. The molecular weight excluding hydrogens is 305 g/mol. The molecule has 0 aliphatic carbocycles. The molecule has 4 heteroatoms. The SMILES string of the molecule is Cc1ccc(OCc2cccc(Cl)c2Cl)c(CC(C)N)c1. The maximum absolute atomic E-state index is 6.18. The molecule has 0 aromatic heterocycles. The number of aryl methyl sites for hydroxylation is 1. The maximum Gasteiger partial charge on any atom is 0.123 e. The zero-order chi connectivity index (χ0) is 15.4. The van der Waals surface area contributed by atoms with Gasteiger partial charge < -0.3 is 10.5 Å². The highest BCUT2D eigenvalue weighted by molar-refractivity contribution is 6.42. The second-order valence-corrected chi connectivity index (χ2v) is 6.08. The lowest BCUT2D eigenvalue weighted by molar-refractivity contribution is 0.302. The van der Waals surface area contributed by atoms with Crippen LogP contribution >= 0.6 is 23.2 Å². The average molecular weight is 324 g/mol. The van der Waals surface area contributed by atoms with Gasteiger partial charge in [-0.3, -0.25) is 0 Å². The Bertz CT molecular complexity index is 626. The van der Waals surface area contributed by atoms with Gasteiger partial charge in [0.1, 0.15) is 12.4 Å². The summed E-state index contributed by atoms with van der Waals surface area (Å²) in [5.74, 6) is 0.842. The summed E-state index contributed by atoms with van der Waals surface area (Å²) in [6, 6.07) is 11.7. The first kappa shape index (κ1) is 16.2. The first-order chi connectivity index (χ1) is 9.97. The molecule has 2 aromatic carbocycles. The van der Waals surface area contributed by atoms with Crippen LogP contribution in [0.2, 0.25) is 10.0 Å². The molecule has 112 valence electrons. The second kappa shape index (κ2) is 7.17. The standard InChI is InChI=1S/C17H19Cl2NO/c1-11-6-7-16(14(8-11)9-12(2)20)21-10-13-4-3-5-15(18)17(13)19/h3-8,12H,9-10,20H2,1-2H3. The van der Waals surface area contributed by atoms with Crippen LogP contribution in [0.5, 0.6) is 5.75 Å². The zero-order valence-corrected chi connectivity index (χ0v) is 13.7. The molecule has 1 atom stereocenters. The first-order valence-corrected chi connectivity index (χ1v) is 7.63. The summed E-state index contributed by atoms with van der Waals surface area (Å²) in [5, 5.41) is 1.08. The Morgan fingerprint density at radius 1 is 1.14 bits per heavy atom. The van der Waals surface area contributed by atoms with Gasteiger partial charge in [-0.1, -0.05) is 53.0 Å². The van der Waals surface area contributed by atoms with E-state index in [4.69, 9.17) is 33.7 Å². The van der Waals surface area contributed by atoms with Crippen molar-refractivity contribution in [3.05, 3.63) is 63.1 Å². The van der Waals surface area contributed by atoms with E-state index >= 15 is 0 Å². The summed E-state index contributed by atoms with van der Waals surface area (Å²) in [6.07, 6.45) is 0.778. The molecule has 0 saturated heterocycles. The topological polar surface area (TPSA) is 35.2 Å². The number of hydrogen-bond acceptors (Lipinski definition) is 2. The van der Waals surface area contributed by atoms with Gasteiger partial charge >= 0.3 is 0 Å². The number of benzene rings is 2. The molecule has 1 unspecified atom stereocenters. The van der Waals surface area contributed by atoms with Crippen molar-refractivity contribution >= 4 is 23.2 Å². The van der Waals surface area contributed by atoms with E-state index in [-0.39, 0.29) is 6.04 Å². The minimum absolute atomic E-state index is 0.0870. The van der Waals surface area contributed by atoms with E-state index in [0.29, 0.717) is 16.7 Å². The predicted octanol–water partition coefficient (Wildman–Crippen LogP) is 4.77. The molecule has 0 saturated carbocycles. The Balaban J connectivity index is 2.18. The first-order valence-electron chi connectivity index (χ1n) is 6.88. The normalized spacial score (nSPS) is 12.2. The summed E-state index contributed by atoms with van der Waals surface area (Å²) < 4.78 is 5.92. The van der Waals surface area contributed by atoms with E-state index in [1.807, 2.05) is 31.2 Å². The van der Waals surface area contributed by atoms with E-state index in [9.17, 15) is 0 Å². The van der Waals surface area contributed by atoms with E-state index in [0.717, 1.165) is 23.3 Å². The fraction of sp³-hybridized carbons (Fsp3) is 0.294. The van der Waals surface area contributed by atoms with E-state index in [1.165, 1.54) is 5.56 Å². The molecule has 2 aromatic rings. The molecule has 21 heavy (non-hydrogen) atoms. The van der Waals surface area contributed by atoms with Gasteiger partial charge in [0.05, 0.1) is 10.0 Å². The zero-order valence-electron chi connectivity index (χ0n) is 12.2. The van der Waals surface area contributed by atoms with Gasteiger partial charge in [-0.05, 0) is 38.0 Å². The fourth-order valence-corrected chi connectivity index (χ4v) is 2.55. The molecule has 2 N–H and O–H groups in total. The lowest BCUT2D eigenvalue weighted by atomic mass is 10.0. The van der Waals surface area contributed by atoms with Gasteiger partial charge in [0.25, 0.3) is 0 Å². The van der Waals surface area contributed by atoms with Gasteiger partial charge in [0.2, 0.25) is 0 Å². The second-order valence-electron chi connectivity index (χ2n) is 5.29. The van der Waals surface area contributed by atoms with Crippen molar-refractivity contribution in [3.63, 3.8) is 0 Å². The Hall–Kier alpha value is -1.22. The third kappa shape index (κ3) is 4.37. The monoisotopic (exact) mass is 323 g/mol. The van der Waals surface area contributed by atoms with E-state index < -0.39 is 0 Å². The molecule has 0 aliphatic heterocycles. The van der Waals surface area contributed by atoms with Crippen LogP contribution in [0.3, 0.4) is 0 Å². The van der Waals surface area contributed by atoms with Crippen LogP contribution < -0.4 is 10.5 Å². The number of halogens is 2. The Kier molecular flexibility index (Phi) is 5.51. The van der Waals surface area contributed by atoms with Crippen molar-refractivity contribution in [2.24, 2.45) is 5.73 Å². The van der Waals surface area contributed by atoms with Gasteiger partial charge in [0, 0.05) is 11.6 Å². The predicted molar refractivity (Wildman–Crippen MR) is 89.3 cm³/mol. The largest absolute Gasteiger partial charge is 0.489 e. The highest BCUT2D eigenvalue weighted by atomic mass is 35.5. The van der Waals surface area contributed by atoms with E-state index in [1.54, 1.807) is 6.07 Å². The van der Waals surface area contributed by atoms with Crippen molar-refractivity contribution in [2.75, 3.05) is 0 Å². The van der Waals surface area contributed by atoms with Crippen molar-refractivity contribution in [1.29, 1.82) is 0 Å². The van der Waals surface area contributed by atoms with Crippen molar-refractivity contribution in [2.45, 2.75) is 32.9 Å². The van der Waals surface area contributed by atoms with Crippen molar-refractivity contribution in [3.8, 4) is 5.75 Å². The summed E-state index contributed by atoms with van der Waals surface area (Å²) in [6.45, 7) is 4.43. The molecule has 0 spiro atoms. The van der Waals surface area contributed by atoms with Crippen LogP contribution in [0, 0.1) is 6.92 Å². The highest BCUT2D eigenvalue weighted by Gasteiger charge is 2.09. The van der Waals surface area contributed by atoms with Crippen LogP contribution in [-0.2, 0) is 13.0 Å². The minimum Gasteiger partial charge on any atom is -0.489 e. The Morgan fingerprint density at radius 3 is 2.62 bits per heavy atom. The van der Waals surface area contributed by atoms with Crippen LogP contribution in [0.25, 0.3) is 0 Å². The van der Waals surface area contributed by atoms with E-state index in [2.05, 4.69) is 13.0 Å². The lowest BCUT2D eigenvalue weighted by Crippen LogP contribution is -2.18. The summed E-state index contributed by atoms with van der Waals surface area (Å²) >= 11 is 12.2. The third-order valence-electron chi connectivity index (χ3n) is 3.17. The molecule has 0 fully saturated rings. The maximum atomic E-state index is 6.18. The average Bonchev–Trinajstić information content (AvgIpc) is 2.41. The smallest absolute Gasteiger partial charge is 0.123 e. The molecule has 0 heterocycles. The minimum atomic E-state index is 0.0870. The molecule has 2 rings (SSSR count). The molecule has 0 radical (unpaired) electrons. The third-order valence-corrected chi connectivity index (χ3v) is 4.03. The number of hydrogen-bond donors (Lipinski definition) is 1. The van der Waals surface area contributed by atoms with Crippen LogP contribution in [0.1, 0.15) is 23.6 Å². The molecule has 0 bridgehead atoms. The summed E-state index contributed by atoms with van der Waals surface area (Å²) in [5.41, 5.74) is 9.08. The van der Waals surface area contributed by atoms with Gasteiger partial charge in [-0.15, -0.1) is 0 Å². The Labute approximate surface area is 135 Å². The number of ether oxygens (including phenoxy) is 1. The van der Waals surface area contributed by atoms with Crippen molar-refractivity contribution in [1.82, 2.24) is 0 Å². The lowest BCUT2D eigenvalue weighted by Gasteiger charge is -2.15. The van der Waals surface area contributed by atoms with Crippen LogP contribution in [-0.4, -0.2) is 6.04 Å². The highest BCUT2D eigenvalue weighted by Crippen LogP contribution is 2.28. The summed E-state index contributed by atoms with van der Waals surface area (Å²) in [7, 11) is 0. The van der Waals surface area contributed by atoms with Crippen molar-refractivity contribution < 1.29 is 4.74 Å². The van der Waals surface area contributed by atoms with Gasteiger partial charge in [0.15, 0.2) is 0 Å². The Morgan fingerprint density at radius 2 is 1.90 bits per heavy atom. The van der Waals surface area contributed by atoms with Gasteiger partial charge in [-0.2, -0.15) is 0 Å².